The quantitative estimate of drug-likeness (QED) is 0.789. The van der Waals surface area contributed by atoms with Crippen LogP contribution in [0.1, 0.15) is 11.1 Å². The van der Waals surface area contributed by atoms with Crippen molar-refractivity contribution in [2.45, 2.75) is 13.5 Å². The number of hydrogen-bond acceptors (Lipinski definition) is 2. The number of aryl methyl sites for hydroxylation is 1. The molecule has 0 bridgehead atoms. The highest BCUT2D eigenvalue weighted by atomic mass is 19.1. The van der Waals surface area contributed by atoms with Gasteiger partial charge >= 0.3 is 5.97 Å². The van der Waals surface area contributed by atoms with Crippen molar-refractivity contribution in [3.8, 4) is 12.3 Å². The summed E-state index contributed by atoms with van der Waals surface area (Å²) in [5.74, 6) is 1.14. The van der Waals surface area contributed by atoms with Crippen molar-refractivity contribution in [2.75, 3.05) is 13.1 Å². The average Bonchev–Trinajstić information content (AvgIpc) is 2.23. The fraction of sp³-hybridized carbons (Fsp3) is 0.308. The third-order valence-electron chi connectivity index (χ3n) is 2.32. The maximum atomic E-state index is 13.3. The van der Waals surface area contributed by atoms with E-state index in [4.69, 9.17) is 11.5 Å². The zero-order valence-electron chi connectivity index (χ0n) is 9.61. The summed E-state index contributed by atoms with van der Waals surface area (Å²) in [6.45, 7) is 2.07. The van der Waals surface area contributed by atoms with Crippen molar-refractivity contribution in [3.63, 3.8) is 0 Å². The van der Waals surface area contributed by atoms with Gasteiger partial charge in [-0.3, -0.25) is 9.69 Å². The van der Waals surface area contributed by atoms with Crippen LogP contribution in [0, 0.1) is 25.1 Å². The lowest BCUT2D eigenvalue weighted by molar-refractivity contribution is -0.138. The van der Waals surface area contributed by atoms with E-state index < -0.39 is 5.97 Å². The normalized spacial score (nSPS) is 10.2. The van der Waals surface area contributed by atoms with E-state index in [0.29, 0.717) is 17.7 Å². The Morgan fingerprint density at radius 1 is 1.59 bits per heavy atom. The first-order valence-corrected chi connectivity index (χ1v) is 5.15. The molecule has 0 aromatic heterocycles. The fourth-order valence-corrected chi connectivity index (χ4v) is 1.48. The van der Waals surface area contributed by atoms with Gasteiger partial charge in [0.05, 0.1) is 13.1 Å². The molecule has 0 aliphatic heterocycles. The maximum Gasteiger partial charge on any atom is 0.317 e. The number of halogens is 1. The molecule has 1 aromatic carbocycles. The predicted molar refractivity (Wildman–Crippen MR) is 62.9 cm³/mol. The van der Waals surface area contributed by atoms with Crippen LogP contribution in [0.25, 0.3) is 0 Å². The first-order valence-electron chi connectivity index (χ1n) is 5.15. The van der Waals surface area contributed by atoms with Crippen molar-refractivity contribution in [3.05, 3.63) is 35.1 Å². The van der Waals surface area contributed by atoms with E-state index in [9.17, 15) is 9.18 Å². The number of carboxylic acids is 1. The molecule has 0 aliphatic carbocycles. The SMILES string of the molecule is C#CCN(CC(=O)O)Cc1ccc(C)c(F)c1. The number of carboxylic acid groups (broad SMARTS) is 1. The number of terminal acetylenes is 1. The van der Waals surface area contributed by atoms with E-state index in [1.165, 1.54) is 6.07 Å². The van der Waals surface area contributed by atoms with Gasteiger partial charge in [0.2, 0.25) is 0 Å². The topological polar surface area (TPSA) is 40.5 Å². The average molecular weight is 235 g/mol. The predicted octanol–water partition coefficient (Wildman–Crippen LogP) is 1.65. The molecule has 0 saturated heterocycles. The summed E-state index contributed by atoms with van der Waals surface area (Å²) < 4.78 is 13.3. The molecule has 0 aliphatic rings. The highest BCUT2D eigenvalue weighted by Gasteiger charge is 2.10. The summed E-state index contributed by atoms with van der Waals surface area (Å²) in [5, 5.41) is 8.70. The van der Waals surface area contributed by atoms with Crippen LogP contribution in [0.3, 0.4) is 0 Å². The number of nitrogens with zero attached hydrogens (tertiary/aromatic N) is 1. The van der Waals surface area contributed by atoms with Crippen LogP contribution >= 0.6 is 0 Å². The molecule has 0 heterocycles. The molecular weight excluding hydrogens is 221 g/mol. The molecule has 17 heavy (non-hydrogen) atoms. The molecule has 1 aromatic rings. The monoisotopic (exact) mass is 235 g/mol. The zero-order chi connectivity index (χ0) is 12.8. The van der Waals surface area contributed by atoms with Crippen molar-refractivity contribution in [1.82, 2.24) is 4.90 Å². The lowest BCUT2D eigenvalue weighted by Gasteiger charge is -2.17. The van der Waals surface area contributed by atoms with E-state index in [0.717, 1.165) is 0 Å². The Labute approximate surface area is 99.9 Å². The van der Waals surface area contributed by atoms with E-state index in [1.807, 2.05) is 0 Å². The van der Waals surface area contributed by atoms with Crippen molar-refractivity contribution < 1.29 is 14.3 Å². The fourth-order valence-electron chi connectivity index (χ4n) is 1.48. The first kappa shape index (κ1) is 13.2. The second-order valence-electron chi connectivity index (χ2n) is 3.83. The van der Waals surface area contributed by atoms with Crippen molar-refractivity contribution >= 4 is 5.97 Å². The molecular formula is C13H14FNO2. The van der Waals surface area contributed by atoms with Crippen LogP contribution in [0.4, 0.5) is 4.39 Å². The molecule has 0 fully saturated rings. The Morgan fingerprint density at radius 3 is 2.82 bits per heavy atom. The van der Waals surface area contributed by atoms with Crippen molar-refractivity contribution in [1.29, 1.82) is 0 Å². The van der Waals surface area contributed by atoms with Gasteiger partial charge in [-0.05, 0) is 24.1 Å². The number of hydrogen-bond donors (Lipinski definition) is 1. The molecule has 90 valence electrons. The molecule has 1 N–H and O–H groups in total. The second kappa shape index (κ2) is 6.02. The van der Waals surface area contributed by atoms with Gasteiger partial charge in [0.25, 0.3) is 0 Å². The van der Waals surface area contributed by atoms with Crippen LogP contribution < -0.4 is 0 Å². The number of benzene rings is 1. The molecule has 0 amide bonds. The van der Waals surface area contributed by atoms with Gasteiger partial charge in [-0.25, -0.2) is 4.39 Å². The van der Waals surface area contributed by atoms with Gasteiger partial charge in [0, 0.05) is 6.54 Å². The van der Waals surface area contributed by atoms with Crippen LogP contribution in [0.15, 0.2) is 18.2 Å². The number of carbonyl (C=O) groups is 1. The minimum Gasteiger partial charge on any atom is -0.480 e. The highest BCUT2D eigenvalue weighted by Crippen LogP contribution is 2.11. The Hall–Kier alpha value is -1.86. The standard InChI is InChI=1S/C13H14FNO2/c1-3-6-15(9-13(16)17)8-11-5-4-10(2)12(14)7-11/h1,4-5,7H,6,8-9H2,2H3,(H,16,17). The van der Waals surface area contributed by atoms with Crippen LogP contribution in [-0.4, -0.2) is 29.1 Å². The van der Waals surface area contributed by atoms with Gasteiger partial charge in [0.1, 0.15) is 5.82 Å². The summed E-state index contributed by atoms with van der Waals surface area (Å²) in [6, 6.07) is 4.84. The van der Waals surface area contributed by atoms with E-state index in [1.54, 1.807) is 24.0 Å². The molecule has 0 radical (unpaired) electrons. The molecule has 0 atom stereocenters. The third-order valence-corrected chi connectivity index (χ3v) is 2.32. The van der Waals surface area contributed by atoms with Crippen LogP contribution in [0.5, 0.6) is 0 Å². The largest absolute Gasteiger partial charge is 0.480 e. The van der Waals surface area contributed by atoms with Crippen LogP contribution in [0.2, 0.25) is 0 Å². The van der Waals surface area contributed by atoms with Gasteiger partial charge in [-0.2, -0.15) is 0 Å². The summed E-state index contributed by atoms with van der Waals surface area (Å²) in [6.07, 6.45) is 5.15. The molecule has 3 nitrogen and oxygen atoms in total. The Balaban J connectivity index is 2.75. The summed E-state index contributed by atoms with van der Waals surface area (Å²) in [7, 11) is 0. The molecule has 1 rings (SSSR count). The Kier molecular flexibility index (Phi) is 4.68. The molecule has 0 saturated carbocycles. The summed E-state index contributed by atoms with van der Waals surface area (Å²) in [5.41, 5.74) is 1.28. The molecule has 4 heteroatoms. The Bertz CT molecular complexity index is 451. The lowest BCUT2D eigenvalue weighted by Crippen LogP contribution is -2.29. The molecule has 0 unspecified atom stereocenters. The van der Waals surface area contributed by atoms with E-state index in [2.05, 4.69) is 5.92 Å². The van der Waals surface area contributed by atoms with Crippen molar-refractivity contribution in [2.24, 2.45) is 0 Å². The van der Waals surface area contributed by atoms with Gasteiger partial charge in [-0.15, -0.1) is 6.42 Å². The van der Waals surface area contributed by atoms with E-state index in [-0.39, 0.29) is 18.9 Å². The number of aliphatic carboxylic acids is 1. The minimum absolute atomic E-state index is 0.153. The second-order valence-corrected chi connectivity index (χ2v) is 3.83. The maximum absolute atomic E-state index is 13.3. The van der Waals surface area contributed by atoms with Gasteiger partial charge in [0.15, 0.2) is 0 Å². The Morgan fingerprint density at radius 2 is 2.29 bits per heavy atom. The third kappa shape index (κ3) is 4.25. The van der Waals surface area contributed by atoms with E-state index >= 15 is 0 Å². The smallest absolute Gasteiger partial charge is 0.317 e. The zero-order valence-corrected chi connectivity index (χ0v) is 9.61. The van der Waals surface area contributed by atoms with Crippen LogP contribution in [-0.2, 0) is 11.3 Å². The highest BCUT2D eigenvalue weighted by molar-refractivity contribution is 5.69. The number of rotatable bonds is 5. The lowest BCUT2D eigenvalue weighted by atomic mass is 10.1. The van der Waals surface area contributed by atoms with Gasteiger partial charge in [-0.1, -0.05) is 18.1 Å². The summed E-state index contributed by atoms with van der Waals surface area (Å²) in [4.78, 5) is 12.2. The summed E-state index contributed by atoms with van der Waals surface area (Å²) >= 11 is 0. The first-order chi connectivity index (χ1) is 8.02. The molecule has 0 spiro atoms. The minimum atomic E-state index is -0.951. The van der Waals surface area contributed by atoms with Gasteiger partial charge < -0.3 is 5.11 Å².